The molecule has 1 rings (SSSR count). The standard InChI is InChI=1S/C17H32N2S/c1-7-8-9-10-17(5,6)13-18-11-15-19-14(12-20-15)16(2,3)4/h12,18H,7-11,13H2,1-6H3. The van der Waals surface area contributed by atoms with Crippen LogP contribution in [0.3, 0.4) is 0 Å². The second-order valence-electron chi connectivity index (χ2n) is 7.60. The maximum absolute atomic E-state index is 4.73. The van der Waals surface area contributed by atoms with Crippen molar-refractivity contribution in [2.75, 3.05) is 6.54 Å². The highest BCUT2D eigenvalue weighted by atomic mass is 32.1. The molecule has 0 spiro atoms. The maximum Gasteiger partial charge on any atom is 0.107 e. The van der Waals surface area contributed by atoms with Crippen LogP contribution in [0.15, 0.2) is 5.38 Å². The van der Waals surface area contributed by atoms with Crippen molar-refractivity contribution in [1.29, 1.82) is 0 Å². The summed E-state index contributed by atoms with van der Waals surface area (Å²) in [5, 5.41) is 6.99. The van der Waals surface area contributed by atoms with E-state index >= 15 is 0 Å². The molecule has 1 N–H and O–H groups in total. The number of thiazole rings is 1. The molecule has 116 valence electrons. The number of nitrogens with one attached hydrogen (secondary N) is 1. The molecule has 20 heavy (non-hydrogen) atoms. The minimum absolute atomic E-state index is 0.161. The lowest BCUT2D eigenvalue weighted by molar-refractivity contribution is 0.302. The molecule has 0 amide bonds. The molecule has 1 aromatic rings. The van der Waals surface area contributed by atoms with Gasteiger partial charge in [-0.25, -0.2) is 4.98 Å². The highest BCUT2D eigenvalue weighted by Crippen LogP contribution is 2.25. The zero-order valence-corrected chi connectivity index (χ0v) is 15.0. The van der Waals surface area contributed by atoms with Crippen molar-refractivity contribution in [2.45, 2.75) is 79.2 Å². The summed E-state index contributed by atoms with van der Waals surface area (Å²) in [5.74, 6) is 0. The molecule has 0 aliphatic rings. The molecule has 0 aromatic carbocycles. The fraction of sp³-hybridized carbons (Fsp3) is 0.824. The van der Waals surface area contributed by atoms with Crippen molar-refractivity contribution >= 4 is 11.3 Å². The molecule has 2 nitrogen and oxygen atoms in total. The van der Waals surface area contributed by atoms with Crippen LogP contribution in [0, 0.1) is 5.41 Å². The number of hydrogen-bond donors (Lipinski definition) is 1. The van der Waals surface area contributed by atoms with Crippen LogP contribution in [-0.4, -0.2) is 11.5 Å². The molecule has 0 bridgehead atoms. The second kappa shape index (κ2) is 7.56. The summed E-state index contributed by atoms with van der Waals surface area (Å²) in [6.07, 6.45) is 5.30. The van der Waals surface area contributed by atoms with Crippen molar-refractivity contribution < 1.29 is 0 Å². The third-order valence-corrected chi connectivity index (χ3v) is 4.51. The fourth-order valence-electron chi connectivity index (χ4n) is 2.19. The topological polar surface area (TPSA) is 24.9 Å². The van der Waals surface area contributed by atoms with E-state index in [-0.39, 0.29) is 5.41 Å². The lowest BCUT2D eigenvalue weighted by Crippen LogP contribution is -2.29. The van der Waals surface area contributed by atoms with Gasteiger partial charge < -0.3 is 5.32 Å². The van der Waals surface area contributed by atoms with E-state index in [0.29, 0.717) is 5.41 Å². The van der Waals surface area contributed by atoms with Crippen molar-refractivity contribution in [3.05, 3.63) is 16.1 Å². The molecule has 0 saturated heterocycles. The highest BCUT2D eigenvalue weighted by Gasteiger charge is 2.19. The molecule has 0 aliphatic carbocycles. The summed E-state index contributed by atoms with van der Waals surface area (Å²) in [6, 6.07) is 0. The van der Waals surface area contributed by atoms with Gasteiger partial charge in [-0.15, -0.1) is 11.3 Å². The van der Waals surface area contributed by atoms with Crippen LogP contribution >= 0.6 is 11.3 Å². The molecule has 0 fully saturated rings. The third kappa shape index (κ3) is 6.36. The Morgan fingerprint density at radius 3 is 2.40 bits per heavy atom. The van der Waals surface area contributed by atoms with Gasteiger partial charge in [-0.3, -0.25) is 0 Å². The Morgan fingerprint density at radius 2 is 1.85 bits per heavy atom. The van der Waals surface area contributed by atoms with Crippen molar-refractivity contribution in [3.63, 3.8) is 0 Å². The largest absolute Gasteiger partial charge is 0.310 e. The molecule has 0 radical (unpaired) electrons. The first-order valence-electron chi connectivity index (χ1n) is 7.90. The maximum atomic E-state index is 4.73. The fourth-order valence-corrected chi connectivity index (χ4v) is 3.18. The Hall–Kier alpha value is -0.410. The molecule has 0 unspecified atom stereocenters. The van der Waals surface area contributed by atoms with Gasteiger partial charge in [-0.05, 0) is 11.8 Å². The number of hydrogen-bond acceptors (Lipinski definition) is 3. The van der Waals surface area contributed by atoms with Gasteiger partial charge in [-0.1, -0.05) is 60.8 Å². The van der Waals surface area contributed by atoms with Gasteiger partial charge in [0.1, 0.15) is 5.01 Å². The van der Waals surface area contributed by atoms with Crippen LogP contribution in [0.2, 0.25) is 0 Å². The minimum atomic E-state index is 0.161. The molecule has 3 heteroatoms. The van der Waals surface area contributed by atoms with E-state index in [1.165, 1.54) is 36.4 Å². The number of unbranched alkanes of at least 4 members (excludes halogenated alkanes) is 2. The van der Waals surface area contributed by atoms with Crippen molar-refractivity contribution in [3.8, 4) is 0 Å². The van der Waals surface area contributed by atoms with Crippen LogP contribution in [0.5, 0.6) is 0 Å². The van der Waals surface area contributed by atoms with Gasteiger partial charge in [0.05, 0.1) is 5.69 Å². The van der Waals surface area contributed by atoms with E-state index in [1.54, 1.807) is 11.3 Å². The first kappa shape index (κ1) is 17.6. The third-order valence-electron chi connectivity index (χ3n) is 3.66. The number of rotatable bonds is 8. The van der Waals surface area contributed by atoms with E-state index in [1.807, 2.05) is 0 Å². The zero-order chi connectivity index (χ0) is 15.2. The van der Waals surface area contributed by atoms with Gasteiger partial charge >= 0.3 is 0 Å². The lowest BCUT2D eigenvalue weighted by Gasteiger charge is -2.24. The van der Waals surface area contributed by atoms with E-state index < -0.39 is 0 Å². The minimum Gasteiger partial charge on any atom is -0.310 e. The zero-order valence-electron chi connectivity index (χ0n) is 14.2. The van der Waals surface area contributed by atoms with E-state index in [0.717, 1.165) is 13.1 Å². The Balaban J connectivity index is 2.35. The van der Waals surface area contributed by atoms with Crippen molar-refractivity contribution in [2.24, 2.45) is 5.41 Å². The number of nitrogens with zero attached hydrogens (tertiary/aromatic N) is 1. The van der Waals surface area contributed by atoms with Gasteiger partial charge in [-0.2, -0.15) is 0 Å². The Morgan fingerprint density at radius 1 is 1.15 bits per heavy atom. The molecule has 1 aromatic heterocycles. The highest BCUT2D eigenvalue weighted by molar-refractivity contribution is 7.09. The quantitative estimate of drug-likeness (QED) is 0.672. The van der Waals surface area contributed by atoms with E-state index in [9.17, 15) is 0 Å². The van der Waals surface area contributed by atoms with Crippen LogP contribution < -0.4 is 5.32 Å². The normalized spacial score (nSPS) is 12.9. The monoisotopic (exact) mass is 296 g/mol. The molecular weight excluding hydrogens is 264 g/mol. The van der Waals surface area contributed by atoms with Crippen LogP contribution in [-0.2, 0) is 12.0 Å². The smallest absolute Gasteiger partial charge is 0.107 e. The van der Waals surface area contributed by atoms with Crippen LogP contribution in [0.25, 0.3) is 0 Å². The SMILES string of the molecule is CCCCCC(C)(C)CNCc1nc(C(C)(C)C)cs1. The van der Waals surface area contributed by atoms with Crippen LogP contribution in [0.1, 0.15) is 77.9 Å². The van der Waals surface area contributed by atoms with Gasteiger partial charge in [0.2, 0.25) is 0 Å². The Labute approximate surface area is 129 Å². The van der Waals surface area contributed by atoms with Crippen LogP contribution in [0.4, 0.5) is 0 Å². The Bertz CT molecular complexity index is 388. The summed E-state index contributed by atoms with van der Waals surface area (Å²) in [4.78, 5) is 4.73. The average molecular weight is 297 g/mol. The first-order chi connectivity index (χ1) is 9.24. The Kier molecular flexibility index (Phi) is 6.67. The predicted octanol–water partition coefficient (Wildman–Crippen LogP) is 5.14. The van der Waals surface area contributed by atoms with Gasteiger partial charge in [0.15, 0.2) is 0 Å². The van der Waals surface area contributed by atoms with Gasteiger partial charge in [0.25, 0.3) is 0 Å². The summed E-state index contributed by atoms with van der Waals surface area (Å²) in [6.45, 7) is 15.6. The summed E-state index contributed by atoms with van der Waals surface area (Å²) < 4.78 is 0. The summed E-state index contributed by atoms with van der Waals surface area (Å²) in [5.41, 5.74) is 1.76. The predicted molar refractivity (Wildman–Crippen MR) is 90.4 cm³/mol. The number of aromatic nitrogens is 1. The molecule has 0 atom stereocenters. The first-order valence-corrected chi connectivity index (χ1v) is 8.78. The van der Waals surface area contributed by atoms with E-state index in [2.05, 4.69) is 52.2 Å². The van der Waals surface area contributed by atoms with Gasteiger partial charge in [0, 0.05) is 23.9 Å². The molecule has 0 aliphatic heterocycles. The molecule has 0 saturated carbocycles. The summed E-state index contributed by atoms with van der Waals surface area (Å²) >= 11 is 1.77. The van der Waals surface area contributed by atoms with E-state index in [4.69, 9.17) is 4.98 Å². The molecule has 1 heterocycles. The van der Waals surface area contributed by atoms with Crippen molar-refractivity contribution in [1.82, 2.24) is 10.3 Å². The second-order valence-corrected chi connectivity index (χ2v) is 8.54. The average Bonchev–Trinajstić information content (AvgIpc) is 2.77. The summed E-state index contributed by atoms with van der Waals surface area (Å²) in [7, 11) is 0. The lowest BCUT2D eigenvalue weighted by atomic mass is 9.87. The molecular formula is C17H32N2S.